The highest BCUT2D eigenvalue weighted by atomic mass is 16.2. The molecular weight excluding hydrogens is 270 g/mol. The fraction of sp³-hybridized carbons (Fsp3) is 0.643. The second-order valence-corrected chi connectivity index (χ2v) is 5.99. The molecule has 116 valence electrons. The molecule has 1 saturated carbocycles. The molecule has 7 nitrogen and oxygen atoms in total. The Morgan fingerprint density at radius 2 is 2.19 bits per heavy atom. The summed E-state index contributed by atoms with van der Waals surface area (Å²) in [5, 5.41) is 9.66. The van der Waals surface area contributed by atoms with Gasteiger partial charge in [-0.05, 0) is 25.2 Å². The number of hydrogen-bond acceptors (Lipinski definition) is 4. The summed E-state index contributed by atoms with van der Waals surface area (Å²) < 4.78 is 1.50. The average Bonchev–Trinajstić information content (AvgIpc) is 3.08. The number of hydrogen-bond donors (Lipinski definition) is 3. The van der Waals surface area contributed by atoms with E-state index in [-0.39, 0.29) is 18.4 Å². The molecule has 0 aliphatic heterocycles. The zero-order valence-electron chi connectivity index (χ0n) is 12.5. The Morgan fingerprint density at radius 1 is 1.48 bits per heavy atom. The first-order valence-electron chi connectivity index (χ1n) is 7.32. The third-order valence-electron chi connectivity index (χ3n) is 3.21. The van der Waals surface area contributed by atoms with Crippen molar-refractivity contribution in [3.05, 3.63) is 12.4 Å². The van der Waals surface area contributed by atoms with Gasteiger partial charge in [-0.3, -0.25) is 14.3 Å². The van der Waals surface area contributed by atoms with Gasteiger partial charge in [0.2, 0.25) is 11.8 Å². The molecule has 0 radical (unpaired) electrons. The maximum Gasteiger partial charge on any atom is 0.241 e. The predicted octanol–water partition coefficient (Wildman–Crippen LogP) is 0.474. The minimum Gasteiger partial charge on any atom is -0.352 e. The predicted molar refractivity (Wildman–Crippen MR) is 79.5 cm³/mol. The van der Waals surface area contributed by atoms with Gasteiger partial charge in [0.25, 0.3) is 0 Å². The lowest BCUT2D eigenvalue weighted by Gasteiger charge is -2.13. The van der Waals surface area contributed by atoms with E-state index in [2.05, 4.69) is 15.7 Å². The smallest absolute Gasteiger partial charge is 0.241 e. The van der Waals surface area contributed by atoms with Crippen LogP contribution in [0.5, 0.6) is 0 Å². The zero-order valence-corrected chi connectivity index (χ0v) is 12.5. The zero-order chi connectivity index (χ0) is 15.4. The van der Waals surface area contributed by atoms with Gasteiger partial charge in [-0.25, -0.2) is 0 Å². The molecule has 0 spiro atoms. The fourth-order valence-corrected chi connectivity index (χ4v) is 2.01. The molecule has 1 heterocycles. The maximum absolute atomic E-state index is 11.9. The van der Waals surface area contributed by atoms with Crippen molar-refractivity contribution in [2.24, 2.45) is 11.7 Å². The summed E-state index contributed by atoms with van der Waals surface area (Å²) >= 11 is 0. The van der Waals surface area contributed by atoms with Crippen molar-refractivity contribution in [3.63, 3.8) is 0 Å². The van der Waals surface area contributed by atoms with Gasteiger partial charge in [-0.2, -0.15) is 5.10 Å². The Bertz CT molecular complexity index is 507. The van der Waals surface area contributed by atoms with Gasteiger partial charge in [-0.1, -0.05) is 13.8 Å². The molecule has 1 aromatic rings. The van der Waals surface area contributed by atoms with E-state index in [0.717, 1.165) is 12.8 Å². The van der Waals surface area contributed by atoms with E-state index < -0.39 is 6.04 Å². The Balaban J connectivity index is 1.81. The number of rotatable bonds is 7. The van der Waals surface area contributed by atoms with Crippen LogP contribution in [0.4, 0.5) is 5.69 Å². The molecule has 2 rings (SSSR count). The highest BCUT2D eigenvalue weighted by Gasteiger charge is 2.23. The lowest BCUT2D eigenvalue weighted by atomic mass is 10.0. The Labute approximate surface area is 124 Å². The van der Waals surface area contributed by atoms with Crippen LogP contribution in [0, 0.1) is 5.92 Å². The van der Waals surface area contributed by atoms with Gasteiger partial charge in [0.15, 0.2) is 0 Å². The quantitative estimate of drug-likeness (QED) is 0.680. The van der Waals surface area contributed by atoms with Crippen molar-refractivity contribution in [1.82, 2.24) is 15.1 Å². The van der Waals surface area contributed by atoms with Crippen molar-refractivity contribution < 1.29 is 9.59 Å². The molecule has 2 amide bonds. The topological polar surface area (TPSA) is 102 Å². The summed E-state index contributed by atoms with van der Waals surface area (Å²) in [4.78, 5) is 23.5. The largest absolute Gasteiger partial charge is 0.352 e. The first-order chi connectivity index (χ1) is 9.94. The second-order valence-electron chi connectivity index (χ2n) is 5.99. The second kappa shape index (κ2) is 6.71. The van der Waals surface area contributed by atoms with E-state index in [0.29, 0.717) is 24.1 Å². The molecule has 1 aliphatic carbocycles. The summed E-state index contributed by atoms with van der Waals surface area (Å²) in [7, 11) is 0. The maximum atomic E-state index is 11.9. The SMILES string of the molecule is CC(C)C[C@H](N)C(=O)Nc1cnn(CC(=O)NC2CC2)c1. The summed E-state index contributed by atoms with van der Waals surface area (Å²) in [6.45, 7) is 4.19. The summed E-state index contributed by atoms with van der Waals surface area (Å²) in [6, 6.07) is -0.201. The highest BCUT2D eigenvalue weighted by molar-refractivity contribution is 5.94. The van der Waals surface area contributed by atoms with Gasteiger partial charge in [0.1, 0.15) is 6.54 Å². The Kier molecular flexibility index (Phi) is 4.95. The van der Waals surface area contributed by atoms with Crippen molar-refractivity contribution >= 4 is 17.5 Å². The Hall–Kier alpha value is -1.89. The summed E-state index contributed by atoms with van der Waals surface area (Å²) in [6.07, 6.45) is 5.89. The molecule has 0 saturated heterocycles. The molecule has 0 bridgehead atoms. The highest BCUT2D eigenvalue weighted by Crippen LogP contribution is 2.18. The molecule has 21 heavy (non-hydrogen) atoms. The molecule has 1 fully saturated rings. The number of aromatic nitrogens is 2. The standard InChI is InChI=1S/C14H23N5O2/c1-9(2)5-12(15)14(21)18-11-6-16-19(7-11)8-13(20)17-10-3-4-10/h6-7,9-10,12H,3-5,8,15H2,1-2H3,(H,17,20)(H,18,21)/t12-/m0/s1. The minimum absolute atomic E-state index is 0.0602. The molecule has 0 unspecified atom stereocenters. The van der Waals surface area contributed by atoms with Crippen LogP contribution in [-0.2, 0) is 16.1 Å². The van der Waals surface area contributed by atoms with Gasteiger partial charge in [0, 0.05) is 12.2 Å². The van der Waals surface area contributed by atoms with E-state index in [4.69, 9.17) is 5.73 Å². The van der Waals surface area contributed by atoms with E-state index >= 15 is 0 Å². The minimum atomic E-state index is -0.536. The third kappa shape index (κ3) is 5.18. The number of amides is 2. The number of nitrogens with zero attached hydrogens (tertiary/aromatic N) is 2. The van der Waals surface area contributed by atoms with Gasteiger partial charge >= 0.3 is 0 Å². The van der Waals surface area contributed by atoms with Crippen LogP contribution >= 0.6 is 0 Å². The number of nitrogens with one attached hydrogen (secondary N) is 2. The van der Waals surface area contributed by atoms with Crippen LogP contribution in [-0.4, -0.2) is 33.7 Å². The van der Waals surface area contributed by atoms with Crippen LogP contribution in [0.2, 0.25) is 0 Å². The van der Waals surface area contributed by atoms with E-state index in [1.54, 1.807) is 6.20 Å². The van der Waals surface area contributed by atoms with Gasteiger partial charge < -0.3 is 16.4 Å². The monoisotopic (exact) mass is 293 g/mol. The van der Waals surface area contributed by atoms with Crippen molar-refractivity contribution in [2.45, 2.75) is 51.7 Å². The molecule has 0 aromatic carbocycles. The summed E-state index contributed by atoms with van der Waals surface area (Å²) in [5.41, 5.74) is 6.37. The first-order valence-corrected chi connectivity index (χ1v) is 7.32. The number of carbonyl (C=O) groups excluding carboxylic acids is 2. The Morgan fingerprint density at radius 3 is 2.81 bits per heavy atom. The van der Waals surface area contributed by atoms with Crippen molar-refractivity contribution in [1.29, 1.82) is 0 Å². The number of nitrogens with two attached hydrogens (primary N) is 1. The summed E-state index contributed by atoms with van der Waals surface area (Å²) in [5.74, 6) is 0.0697. The molecule has 7 heteroatoms. The van der Waals surface area contributed by atoms with Crippen LogP contribution in [0.3, 0.4) is 0 Å². The van der Waals surface area contributed by atoms with Crippen LogP contribution in [0.25, 0.3) is 0 Å². The normalized spacial score (nSPS) is 15.8. The number of carbonyl (C=O) groups is 2. The molecular formula is C14H23N5O2. The van der Waals surface area contributed by atoms with Crippen molar-refractivity contribution in [2.75, 3.05) is 5.32 Å². The average molecular weight is 293 g/mol. The third-order valence-corrected chi connectivity index (χ3v) is 3.21. The van der Waals surface area contributed by atoms with E-state index in [1.165, 1.54) is 10.9 Å². The van der Waals surface area contributed by atoms with Gasteiger partial charge in [0.05, 0.1) is 17.9 Å². The lowest BCUT2D eigenvalue weighted by Crippen LogP contribution is -2.36. The lowest BCUT2D eigenvalue weighted by molar-refractivity contribution is -0.122. The number of anilines is 1. The fourth-order valence-electron chi connectivity index (χ4n) is 2.01. The molecule has 4 N–H and O–H groups in total. The van der Waals surface area contributed by atoms with Gasteiger partial charge in [-0.15, -0.1) is 0 Å². The van der Waals surface area contributed by atoms with E-state index in [9.17, 15) is 9.59 Å². The first kappa shape index (κ1) is 15.5. The van der Waals surface area contributed by atoms with Crippen LogP contribution in [0.1, 0.15) is 33.1 Å². The molecule has 1 atom stereocenters. The van der Waals surface area contributed by atoms with Crippen LogP contribution < -0.4 is 16.4 Å². The van der Waals surface area contributed by atoms with Crippen molar-refractivity contribution in [3.8, 4) is 0 Å². The van der Waals surface area contributed by atoms with Crippen LogP contribution in [0.15, 0.2) is 12.4 Å². The molecule has 1 aromatic heterocycles. The van der Waals surface area contributed by atoms with E-state index in [1.807, 2.05) is 13.8 Å². The molecule has 1 aliphatic rings.